The molecule has 1 aromatic heterocycles. The molecule has 9 nitrogen and oxygen atoms in total. The number of anilines is 2. The quantitative estimate of drug-likeness (QED) is 0.139. The summed E-state index contributed by atoms with van der Waals surface area (Å²) in [6, 6.07) is 10.9. The van der Waals surface area contributed by atoms with E-state index >= 15 is 0 Å². The van der Waals surface area contributed by atoms with Crippen LogP contribution in [0.2, 0.25) is 0 Å². The monoisotopic (exact) mass is 397 g/mol. The number of halogens is 1. The Bertz CT molecular complexity index is 1080. The van der Waals surface area contributed by atoms with E-state index in [9.17, 15) is 14.3 Å². The van der Waals surface area contributed by atoms with Gasteiger partial charge in [-0.05, 0) is 36.2 Å². The molecular weight excluding hydrogens is 377 g/mol. The summed E-state index contributed by atoms with van der Waals surface area (Å²) in [7, 11) is 0. The molecule has 0 spiro atoms. The summed E-state index contributed by atoms with van der Waals surface area (Å²) in [5, 5.41) is 15.5. The standard InChI is InChI=1S/C19H20FN7O2/c20-15-11-14(28)6-7-16(15)24-18-19(29)27(10-9-23-18)13-4-1-12(2-5-13)3-8-17(25-21)26-22/h1-2,4-7,9-11,28H,3,8,21-22H2,(H,23,24)(H,25,26). The SMILES string of the molecule is N/N=C(/CCc1ccc(-n2ccnc(Nc3ccc(O)cc3F)c2=O)cc1)NN. The van der Waals surface area contributed by atoms with Crippen LogP contribution in [0.1, 0.15) is 12.0 Å². The van der Waals surface area contributed by atoms with Crippen molar-refractivity contribution in [2.24, 2.45) is 16.8 Å². The normalized spacial score (nSPS) is 11.3. The number of nitrogens with two attached hydrogens (primary N) is 2. The van der Waals surface area contributed by atoms with E-state index in [0.717, 1.165) is 11.6 Å². The second kappa shape index (κ2) is 8.85. The molecule has 0 atom stereocenters. The van der Waals surface area contributed by atoms with E-state index in [4.69, 9.17) is 11.7 Å². The maximum atomic E-state index is 13.9. The van der Waals surface area contributed by atoms with Gasteiger partial charge >= 0.3 is 0 Å². The highest BCUT2D eigenvalue weighted by molar-refractivity contribution is 5.81. The van der Waals surface area contributed by atoms with E-state index in [2.05, 4.69) is 20.8 Å². The Kier molecular flexibility index (Phi) is 6.05. The minimum Gasteiger partial charge on any atom is -0.508 e. The summed E-state index contributed by atoms with van der Waals surface area (Å²) in [5.41, 5.74) is 3.65. The molecule has 1 heterocycles. The lowest BCUT2D eigenvalue weighted by atomic mass is 10.1. The molecular formula is C19H20FN7O2. The maximum absolute atomic E-state index is 13.9. The van der Waals surface area contributed by atoms with Gasteiger partial charge in [-0.3, -0.25) is 9.36 Å². The predicted molar refractivity (Wildman–Crippen MR) is 108 cm³/mol. The van der Waals surface area contributed by atoms with Gasteiger partial charge in [0.05, 0.1) is 5.69 Å². The van der Waals surface area contributed by atoms with Gasteiger partial charge in [0.2, 0.25) is 0 Å². The summed E-state index contributed by atoms with van der Waals surface area (Å²) >= 11 is 0. The van der Waals surface area contributed by atoms with E-state index in [1.54, 1.807) is 12.1 Å². The number of aromatic nitrogens is 2. The molecule has 0 bridgehead atoms. The van der Waals surface area contributed by atoms with Crippen molar-refractivity contribution in [1.29, 1.82) is 0 Å². The van der Waals surface area contributed by atoms with E-state index in [1.165, 1.54) is 29.1 Å². The highest BCUT2D eigenvalue weighted by atomic mass is 19.1. The van der Waals surface area contributed by atoms with Gasteiger partial charge in [-0.1, -0.05) is 12.1 Å². The third-order valence-electron chi connectivity index (χ3n) is 4.23. The topological polar surface area (TPSA) is 144 Å². The summed E-state index contributed by atoms with van der Waals surface area (Å²) in [4.78, 5) is 16.7. The van der Waals surface area contributed by atoms with Gasteiger partial charge < -0.3 is 21.7 Å². The van der Waals surface area contributed by atoms with Crippen molar-refractivity contribution in [2.45, 2.75) is 12.8 Å². The van der Waals surface area contributed by atoms with E-state index in [1.807, 2.05) is 12.1 Å². The summed E-state index contributed by atoms with van der Waals surface area (Å²) < 4.78 is 15.3. The Morgan fingerprint density at radius 2 is 2.00 bits per heavy atom. The zero-order valence-electron chi connectivity index (χ0n) is 15.3. The summed E-state index contributed by atoms with van der Waals surface area (Å²) in [5.74, 6) is 10.0. The Balaban J connectivity index is 1.81. The molecule has 0 saturated heterocycles. The molecule has 0 amide bonds. The fraction of sp³-hybridized carbons (Fsp3) is 0.105. The highest BCUT2D eigenvalue weighted by Crippen LogP contribution is 2.21. The Hall–Kier alpha value is -3.92. The lowest BCUT2D eigenvalue weighted by molar-refractivity contribution is 0.469. The molecule has 7 N–H and O–H groups in total. The zero-order valence-corrected chi connectivity index (χ0v) is 15.3. The van der Waals surface area contributed by atoms with Gasteiger partial charge in [0, 0.05) is 30.6 Å². The molecule has 0 radical (unpaired) electrons. The number of aryl methyl sites for hydroxylation is 1. The van der Waals surface area contributed by atoms with Crippen molar-refractivity contribution < 1.29 is 9.50 Å². The first kappa shape index (κ1) is 19.8. The zero-order chi connectivity index (χ0) is 20.8. The second-order valence-electron chi connectivity index (χ2n) is 6.13. The number of hydrazone groups is 1. The van der Waals surface area contributed by atoms with Gasteiger partial charge in [-0.2, -0.15) is 5.10 Å². The van der Waals surface area contributed by atoms with Crippen LogP contribution in [0.3, 0.4) is 0 Å². The number of nitrogens with one attached hydrogen (secondary N) is 2. The van der Waals surface area contributed by atoms with Crippen molar-refractivity contribution in [1.82, 2.24) is 15.0 Å². The number of hydrazine groups is 1. The summed E-state index contributed by atoms with van der Waals surface area (Å²) in [6.45, 7) is 0. The van der Waals surface area contributed by atoms with Crippen LogP contribution in [0.5, 0.6) is 5.75 Å². The third kappa shape index (κ3) is 4.68. The third-order valence-corrected chi connectivity index (χ3v) is 4.23. The van der Waals surface area contributed by atoms with Crippen LogP contribution in [-0.4, -0.2) is 20.5 Å². The molecule has 2 aromatic carbocycles. The van der Waals surface area contributed by atoms with E-state index in [0.29, 0.717) is 24.4 Å². The molecule has 10 heteroatoms. The van der Waals surface area contributed by atoms with Crippen molar-refractivity contribution in [3.8, 4) is 11.4 Å². The van der Waals surface area contributed by atoms with Crippen molar-refractivity contribution in [3.05, 3.63) is 76.6 Å². The lowest BCUT2D eigenvalue weighted by Crippen LogP contribution is -2.31. The van der Waals surface area contributed by atoms with Crippen molar-refractivity contribution in [3.63, 3.8) is 0 Å². The smallest absolute Gasteiger partial charge is 0.298 e. The first-order valence-electron chi connectivity index (χ1n) is 8.67. The molecule has 0 aliphatic heterocycles. The summed E-state index contributed by atoms with van der Waals surface area (Å²) in [6.07, 6.45) is 4.17. The van der Waals surface area contributed by atoms with Crippen molar-refractivity contribution in [2.75, 3.05) is 5.32 Å². The Morgan fingerprint density at radius 3 is 2.66 bits per heavy atom. The Morgan fingerprint density at radius 1 is 1.24 bits per heavy atom. The van der Waals surface area contributed by atoms with Crippen LogP contribution in [0.25, 0.3) is 5.69 Å². The van der Waals surface area contributed by atoms with Gasteiger partial charge in [0.25, 0.3) is 5.56 Å². The van der Waals surface area contributed by atoms with Gasteiger partial charge in [0.1, 0.15) is 17.4 Å². The number of hydrogen-bond acceptors (Lipinski definition) is 7. The fourth-order valence-electron chi connectivity index (χ4n) is 2.69. The van der Waals surface area contributed by atoms with E-state index < -0.39 is 11.4 Å². The predicted octanol–water partition coefficient (Wildman–Crippen LogP) is 1.49. The number of phenols is 1. The minimum absolute atomic E-state index is 0.0337. The highest BCUT2D eigenvalue weighted by Gasteiger charge is 2.10. The van der Waals surface area contributed by atoms with Crippen LogP contribution in [0.4, 0.5) is 15.9 Å². The molecule has 0 aliphatic rings. The number of phenolic OH excluding ortho intramolecular Hbond substituents is 1. The van der Waals surface area contributed by atoms with Crippen molar-refractivity contribution >= 4 is 17.3 Å². The molecule has 150 valence electrons. The fourth-order valence-corrected chi connectivity index (χ4v) is 2.69. The first-order valence-corrected chi connectivity index (χ1v) is 8.67. The number of hydrogen-bond donors (Lipinski definition) is 5. The van der Waals surface area contributed by atoms with Crippen LogP contribution < -0.4 is 28.0 Å². The number of amidine groups is 1. The Labute approximate surface area is 165 Å². The number of nitrogens with zero attached hydrogens (tertiary/aromatic N) is 3. The number of benzene rings is 2. The lowest BCUT2D eigenvalue weighted by Gasteiger charge is -2.11. The van der Waals surface area contributed by atoms with Gasteiger partial charge in [0.15, 0.2) is 5.82 Å². The molecule has 3 aromatic rings. The minimum atomic E-state index is -0.696. The van der Waals surface area contributed by atoms with Crippen LogP contribution in [0, 0.1) is 5.82 Å². The van der Waals surface area contributed by atoms with Gasteiger partial charge in [-0.15, -0.1) is 0 Å². The molecule has 0 unspecified atom stereocenters. The number of rotatable bonds is 6. The molecule has 0 aliphatic carbocycles. The molecule has 3 rings (SSSR count). The average molecular weight is 397 g/mol. The largest absolute Gasteiger partial charge is 0.508 e. The first-order chi connectivity index (χ1) is 14.0. The number of aromatic hydroxyl groups is 1. The maximum Gasteiger partial charge on any atom is 0.298 e. The van der Waals surface area contributed by atoms with Gasteiger partial charge in [-0.25, -0.2) is 15.2 Å². The molecule has 0 fully saturated rings. The average Bonchev–Trinajstić information content (AvgIpc) is 2.73. The van der Waals surface area contributed by atoms with Crippen LogP contribution >= 0.6 is 0 Å². The second-order valence-corrected chi connectivity index (χ2v) is 6.13. The van der Waals surface area contributed by atoms with Crippen LogP contribution in [-0.2, 0) is 6.42 Å². The van der Waals surface area contributed by atoms with Crippen LogP contribution in [0.15, 0.2) is 64.8 Å². The molecule has 29 heavy (non-hydrogen) atoms. The molecule has 0 saturated carbocycles. The van der Waals surface area contributed by atoms with E-state index in [-0.39, 0.29) is 17.3 Å².